The van der Waals surface area contributed by atoms with Crippen molar-refractivity contribution in [2.45, 2.75) is 45.6 Å². The van der Waals surface area contributed by atoms with E-state index in [-0.39, 0.29) is 17.5 Å². The number of H-pyrrole nitrogens is 1. The van der Waals surface area contributed by atoms with Crippen LogP contribution in [-0.2, 0) is 11.2 Å². The van der Waals surface area contributed by atoms with Crippen LogP contribution < -0.4 is 5.56 Å². The Bertz CT molecular complexity index is 466. The van der Waals surface area contributed by atoms with Gasteiger partial charge in [-0.05, 0) is 32.1 Å². The fourth-order valence-electron chi connectivity index (χ4n) is 2.13. The maximum absolute atomic E-state index is 11.9. The van der Waals surface area contributed by atoms with Gasteiger partial charge in [0.15, 0.2) is 0 Å². The first-order valence-corrected chi connectivity index (χ1v) is 6.61. The standard InChI is InChI=1S/C13H20N2O3/c1-3-5-9-12(16)14-11(15-13(9)17)10(18-4-2)8-6-7-8/h8,10H,3-7H2,1-2H3,(H2,14,15,16,17). The molecule has 1 fully saturated rings. The zero-order valence-corrected chi connectivity index (χ0v) is 10.9. The Morgan fingerprint density at radius 2 is 2.22 bits per heavy atom. The van der Waals surface area contributed by atoms with Crippen LogP contribution in [0.3, 0.4) is 0 Å². The average Bonchev–Trinajstić information content (AvgIpc) is 3.14. The van der Waals surface area contributed by atoms with E-state index < -0.39 is 0 Å². The Hall–Kier alpha value is -1.36. The van der Waals surface area contributed by atoms with Crippen molar-refractivity contribution in [1.29, 1.82) is 0 Å². The first-order chi connectivity index (χ1) is 8.67. The molecule has 0 bridgehead atoms. The number of aromatic hydroxyl groups is 1. The van der Waals surface area contributed by atoms with Gasteiger partial charge in [-0.15, -0.1) is 0 Å². The molecule has 0 aromatic carbocycles. The third-order valence-corrected chi connectivity index (χ3v) is 3.18. The Balaban J connectivity index is 2.30. The number of aromatic amines is 1. The van der Waals surface area contributed by atoms with Crippen LogP contribution in [0.15, 0.2) is 4.79 Å². The summed E-state index contributed by atoms with van der Waals surface area (Å²) in [5.41, 5.74) is 0.122. The van der Waals surface area contributed by atoms with Gasteiger partial charge in [0.25, 0.3) is 5.56 Å². The number of aromatic nitrogens is 2. The molecule has 0 amide bonds. The van der Waals surface area contributed by atoms with Crippen molar-refractivity contribution in [2.75, 3.05) is 6.61 Å². The summed E-state index contributed by atoms with van der Waals surface area (Å²) >= 11 is 0. The highest BCUT2D eigenvalue weighted by Crippen LogP contribution is 2.42. The molecule has 1 heterocycles. The molecular weight excluding hydrogens is 232 g/mol. The first-order valence-electron chi connectivity index (χ1n) is 6.61. The number of nitrogens with one attached hydrogen (secondary N) is 1. The molecule has 5 nitrogen and oxygen atoms in total. The van der Waals surface area contributed by atoms with E-state index in [2.05, 4.69) is 9.97 Å². The molecule has 1 aromatic rings. The van der Waals surface area contributed by atoms with Gasteiger partial charge in [0.2, 0.25) is 5.88 Å². The number of nitrogens with zero attached hydrogens (tertiary/aromatic N) is 1. The molecular formula is C13H20N2O3. The van der Waals surface area contributed by atoms with Gasteiger partial charge in [0, 0.05) is 6.61 Å². The second-order valence-electron chi connectivity index (χ2n) is 4.72. The molecule has 1 aliphatic carbocycles. The Morgan fingerprint density at radius 3 is 2.72 bits per heavy atom. The third-order valence-electron chi connectivity index (χ3n) is 3.18. The average molecular weight is 252 g/mol. The topological polar surface area (TPSA) is 75.2 Å². The van der Waals surface area contributed by atoms with Gasteiger partial charge in [-0.1, -0.05) is 13.3 Å². The Morgan fingerprint density at radius 1 is 1.50 bits per heavy atom. The highest BCUT2D eigenvalue weighted by atomic mass is 16.5. The Labute approximate surface area is 106 Å². The molecule has 1 saturated carbocycles. The van der Waals surface area contributed by atoms with E-state index in [0.717, 1.165) is 19.3 Å². The van der Waals surface area contributed by atoms with Gasteiger partial charge < -0.3 is 14.8 Å². The molecule has 0 saturated heterocycles. The molecule has 0 radical (unpaired) electrons. The minimum Gasteiger partial charge on any atom is -0.493 e. The summed E-state index contributed by atoms with van der Waals surface area (Å²) < 4.78 is 5.62. The fraction of sp³-hybridized carbons (Fsp3) is 0.692. The van der Waals surface area contributed by atoms with Crippen LogP contribution in [0.5, 0.6) is 5.88 Å². The second kappa shape index (κ2) is 5.52. The molecule has 1 aliphatic rings. The van der Waals surface area contributed by atoms with Crippen LogP contribution in [0.25, 0.3) is 0 Å². The molecule has 5 heteroatoms. The van der Waals surface area contributed by atoms with Crippen molar-refractivity contribution in [2.24, 2.45) is 5.92 Å². The van der Waals surface area contributed by atoms with Crippen LogP contribution in [0, 0.1) is 5.92 Å². The fourth-order valence-corrected chi connectivity index (χ4v) is 2.13. The van der Waals surface area contributed by atoms with Gasteiger partial charge in [-0.25, -0.2) is 0 Å². The summed E-state index contributed by atoms with van der Waals surface area (Å²) in [5.74, 6) is 0.729. The van der Waals surface area contributed by atoms with E-state index in [1.807, 2.05) is 13.8 Å². The minimum atomic E-state index is -0.246. The number of ether oxygens (including phenoxy) is 1. The Kier molecular flexibility index (Phi) is 4.01. The van der Waals surface area contributed by atoms with Crippen LogP contribution in [-0.4, -0.2) is 21.7 Å². The van der Waals surface area contributed by atoms with Crippen molar-refractivity contribution >= 4 is 0 Å². The molecule has 0 spiro atoms. The van der Waals surface area contributed by atoms with E-state index in [1.54, 1.807) is 0 Å². The summed E-state index contributed by atoms with van der Waals surface area (Å²) in [6.45, 7) is 4.45. The van der Waals surface area contributed by atoms with Crippen molar-refractivity contribution in [1.82, 2.24) is 9.97 Å². The van der Waals surface area contributed by atoms with Crippen molar-refractivity contribution in [3.63, 3.8) is 0 Å². The predicted octanol–water partition coefficient (Wildman–Crippen LogP) is 1.92. The van der Waals surface area contributed by atoms with E-state index >= 15 is 0 Å². The lowest BCUT2D eigenvalue weighted by atomic mass is 10.1. The normalized spacial score (nSPS) is 16.8. The monoisotopic (exact) mass is 252 g/mol. The predicted molar refractivity (Wildman–Crippen MR) is 67.6 cm³/mol. The SMILES string of the molecule is CCCc1c(O)nc(C(OCC)C2CC2)[nH]c1=O. The van der Waals surface area contributed by atoms with Gasteiger partial charge in [-0.3, -0.25) is 4.79 Å². The lowest BCUT2D eigenvalue weighted by Gasteiger charge is -2.16. The molecule has 1 atom stereocenters. The first kappa shape index (κ1) is 13.1. The molecule has 1 unspecified atom stereocenters. The van der Waals surface area contributed by atoms with Gasteiger partial charge in [0.05, 0.1) is 5.56 Å². The zero-order valence-electron chi connectivity index (χ0n) is 10.9. The number of hydrogen-bond donors (Lipinski definition) is 2. The highest BCUT2D eigenvalue weighted by molar-refractivity contribution is 5.23. The van der Waals surface area contributed by atoms with E-state index in [0.29, 0.717) is 30.3 Å². The summed E-state index contributed by atoms with van der Waals surface area (Å²) in [5, 5.41) is 9.84. The van der Waals surface area contributed by atoms with Crippen molar-refractivity contribution in [3.05, 3.63) is 21.7 Å². The molecule has 18 heavy (non-hydrogen) atoms. The number of hydrogen-bond acceptors (Lipinski definition) is 4. The van der Waals surface area contributed by atoms with Gasteiger partial charge in [-0.2, -0.15) is 4.98 Å². The molecule has 100 valence electrons. The zero-order chi connectivity index (χ0) is 13.1. The largest absolute Gasteiger partial charge is 0.493 e. The maximum atomic E-state index is 11.9. The summed E-state index contributed by atoms with van der Waals surface area (Å²) in [6.07, 6.45) is 3.33. The van der Waals surface area contributed by atoms with Crippen LogP contribution in [0.2, 0.25) is 0 Å². The van der Waals surface area contributed by atoms with Crippen LogP contribution in [0.1, 0.15) is 50.6 Å². The molecule has 2 N–H and O–H groups in total. The summed E-state index contributed by atoms with van der Waals surface area (Å²) in [7, 11) is 0. The smallest absolute Gasteiger partial charge is 0.258 e. The summed E-state index contributed by atoms with van der Waals surface area (Å²) in [4.78, 5) is 18.8. The van der Waals surface area contributed by atoms with E-state index in [1.165, 1.54) is 0 Å². The number of rotatable bonds is 6. The highest BCUT2D eigenvalue weighted by Gasteiger charge is 2.35. The lowest BCUT2D eigenvalue weighted by molar-refractivity contribution is 0.0393. The van der Waals surface area contributed by atoms with Crippen LogP contribution >= 0.6 is 0 Å². The van der Waals surface area contributed by atoms with E-state index in [4.69, 9.17) is 4.74 Å². The lowest BCUT2D eigenvalue weighted by Crippen LogP contribution is -2.20. The van der Waals surface area contributed by atoms with E-state index in [9.17, 15) is 9.90 Å². The van der Waals surface area contributed by atoms with Crippen molar-refractivity contribution in [3.8, 4) is 5.88 Å². The molecule has 0 aliphatic heterocycles. The summed E-state index contributed by atoms with van der Waals surface area (Å²) in [6, 6.07) is 0. The molecule has 2 rings (SSSR count). The third kappa shape index (κ3) is 2.72. The quantitative estimate of drug-likeness (QED) is 0.811. The van der Waals surface area contributed by atoms with Crippen molar-refractivity contribution < 1.29 is 9.84 Å². The van der Waals surface area contributed by atoms with Gasteiger partial charge in [0.1, 0.15) is 11.9 Å². The molecule has 1 aromatic heterocycles. The maximum Gasteiger partial charge on any atom is 0.258 e. The van der Waals surface area contributed by atoms with Crippen LogP contribution in [0.4, 0.5) is 0 Å². The van der Waals surface area contributed by atoms with Gasteiger partial charge >= 0.3 is 0 Å². The second-order valence-corrected chi connectivity index (χ2v) is 4.72. The minimum absolute atomic E-state index is 0.152.